The molecule has 0 spiro atoms. The maximum atomic E-state index is 9.73. The number of hydrogen-bond acceptors (Lipinski definition) is 3. The second-order valence-electron chi connectivity index (χ2n) is 5.69. The van der Waals surface area contributed by atoms with Crippen molar-refractivity contribution in [2.24, 2.45) is 0 Å². The highest BCUT2D eigenvalue weighted by atomic mass is 16.3. The van der Waals surface area contributed by atoms with Crippen LogP contribution in [-0.4, -0.2) is 81.5 Å². The van der Waals surface area contributed by atoms with Gasteiger partial charge in [-0.15, -0.1) is 0 Å². The fourth-order valence-corrected chi connectivity index (χ4v) is 1.84. The molecule has 17 heavy (non-hydrogen) atoms. The summed E-state index contributed by atoms with van der Waals surface area (Å²) in [5.41, 5.74) is 0. The molecule has 0 aromatic rings. The summed E-state index contributed by atoms with van der Waals surface area (Å²) in [5, 5.41) is 12.9. The summed E-state index contributed by atoms with van der Waals surface area (Å²) in [6.45, 7) is 7.26. The van der Waals surface area contributed by atoms with E-state index in [1.807, 2.05) is 7.05 Å². The molecule has 0 bridgehead atoms. The molecule has 0 heterocycles. The van der Waals surface area contributed by atoms with Gasteiger partial charge in [-0.05, 0) is 20.5 Å². The van der Waals surface area contributed by atoms with Crippen LogP contribution < -0.4 is 5.32 Å². The molecule has 0 saturated carbocycles. The van der Waals surface area contributed by atoms with Crippen LogP contribution in [0, 0.1) is 0 Å². The van der Waals surface area contributed by atoms with E-state index in [0.29, 0.717) is 0 Å². The normalized spacial score (nSPS) is 14.3. The zero-order valence-corrected chi connectivity index (χ0v) is 12.4. The van der Waals surface area contributed by atoms with Gasteiger partial charge in [-0.1, -0.05) is 13.3 Å². The van der Waals surface area contributed by atoms with Crippen LogP contribution in [0.25, 0.3) is 0 Å². The molecule has 0 fully saturated rings. The molecule has 0 aromatic heterocycles. The van der Waals surface area contributed by atoms with Crippen LogP contribution in [0.4, 0.5) is 0 Å². The molecule has 0 amide bonds. The number of hydrogen-bond donors (Lipinski definition) is 2. The fourth-order valence-electron chi connectivity index (χ4n) is 1.84. The molecule has 0 saturated heterocycles. The fraction of sp³-hybridized carbons (Fsp3) is 1.00. The SMILES string of the molecule is CCCC(O)CN(C)CC[N+](C)(C)CCNC. The number of quaternary nitrogens is 1. The third kappa shape index (κ3) is 9.53. The summed E-state index contributed by atoms with van der Waals surface area (Å²) >= 11 is 0. The first-order valence-electron chi connectivity index (χ1n) is 6.74. The lowest BCUT2D eigenvalue weighted by Gasteiger charge is -2.32. The van der Waals surface area contributed by atoms with Gasteiger partial charge in [-0.2, -0.15) is 0 Å². The van der Waals surface area contributed by atoms with Gasteiger partial charge in [-0.25, -0.2) is 0 Å². The molecule has 4 heteroatoms. The van der Waals surface area contributed by atoms with E-state index < -0.39 is 0 Å². The Hall–Kier alpha value is -0.160. The largest absolute Gasteiger partial charge is 0.392 e. The summed E-state index contributed by atoms with van der Waals surface area (Å²) in [6, 6.07) is 0. The van der Waals surface area contributed by atoms with Gasteiger partial charge in [0.2, 0.25) is 0 Å². The van der Waals surface area contributed by atoms with Crippen molar-refractivity contribution in [1.82, 2.24) is 10.2 Å². The molecule has 0 rings (SSSR count). The first-order chi connectivity index (χ1) is 7.91. The smallest absolute Gasteiger partial charge is 0.0912 e. The molecule has 104 valence electrons. The molecule has 1 unspecified atom stereocenters. The molecule has 0 aliphatic rings. The van der Waals surface area contributed by atoms with Crippen molar-refractivity contribution < 1.29 is 9.59 Å². The first kappa shape index (κ1) is 16.8. The van der Waals surface area contributed by atoms with Crippen molar-refractivity contribution in [2.75, 3.05) is 60.9 Å². The lowest BCUT2D eigenvalue weighted by molar-refractivity contribution is -0.888. The van der Waals surface area contributed by atoms with E-state index in [1.165, 1.54) is 0 Å². The zero-order valence-electron chi connectivity index (χ0n) is 12.4. The summed E-state index contributed by atoms with van der Waals surface area (Å²) < 4.78 is 1.02. The highest BCUT2D eigenvalue weighted by molar-refractivity contribution is 4.60. The summed E-state index contributed by atoms with van der Waals surface area (Å²) in [6.07, 6.45) is 1.79. The molecule has 0 aliphatic carbocycles. The topological polar surface area (TPSA) is 35.5 Å². The van der Waals surface area contributed by atoms with Crippen molar-refractivity contribution >= 4 is 0 Å². The van der Waals surface area contributed by atoms with Crippen LogP contribution >= 0.6 is 0 Å². The van der Waals surface area contributed by atoms with E-state index in [9.17, 15) is 5.11 Å². The number of nitrogens with one attached hydrogen (secondary N) is 1. The Morgan fingerprint density at radius 1 is 1.29 bits per heavy atom. The predicted molar refractivity (Wildman–Crippen MR) is 74.2 cm³/mol. The van der Waals surface area contributed by atoms with Gasteiger partial charge in [0.15, 0.2) is 0 Å². The monoisotopic (exact) mass is 246 g/mol. The van der Waals surface area contributed by atoms with Gasteiger partial charge in [-0.3, -0.25) is 4.90 Å². The second-order valence-corrected chi connectivity index (χ2v) is 5.69. The average molecular weight is 246 g/mol. The number of rotatable bonds is 10. The number of aliphatic hydroxyl groups is 1. The van der Waals surface area contributed by atoms with E-state index in [4.69, 9.17) is 0 Å². The zero-order chi connectivity index (χ0) is 13.3. The quantitative estimate of drug-likeness (QED) is 0.547. The van der Waals surface area contributed by atoms with Crippen molar-refractivity contribution in [3.8, 4) is 0 Å². The molecule has 0 aromatic carbocycles. The standard InChI is InChI=1S/C13H32N3O/c1-6-7-13(17)12-15(3)9-11-16(4,5)10-8-14-2/h13-14,17H,6-12H2,1-5H3/q+1. The highest BCUT2D eigenvalue weighted by Crippen LogP contribution is 2.00. The maximum Gasteiger partial charge on any atom is 0.0912 e. The van der Waals surface area contributed by atoms with Gasteiger partial charge in [0, 0.05) is 19.6 Å². The molecule has 0 radical (unpaired) electrons. The molecule has 2 N–H and O–H groups in total. The minimum absolute atomic E-state index is 0.169. The van der Waals surface area contributed by atoms with E-state index >= 15 is 0 Å². The Morgan fingerprint density at radius 2 is 1.94 bits per heavy atom. The van der Waals surface area contributed by atoms with Crippen molar-refractivity contribution in [3.63, 3.8) is 0 Å². The Morgan fingerprint density at radius 3 is 2.47 bits per heavy atom. The number of aliphatic hydroxyl groups excluding tert-OH is 1. The van der Waals surface area contributed by atoms with Crippen LogP contribution in [0.15, 0.2) is 0 Å². The highest BCUT2D eigenvalue weighted by Gasteiger charge is 2.16. The van der Waals surface area contributed by atoms with Crippen LogP contribution in [-0.2, 0) is 0 Å². The molecular weight excluding hydrogens is 214 g/mol. The second kappa shape index (κ2) is 8.86. The van der Waals surface area contributed by atoms with Gasteiger partial charge >= 0.3 is 0 Å². The summed E-state index contributed by atoms with van der Waals surface area (Å²) in [5.74, 6) is 0. The summed E-state index contributed by atoms with van der Waals surface area (Å²) in [4.78, 5) is 2.24. The van der Waals surface area contributed by atoms with Gasteiger partial charge in [0.05, 0.1) is 33.3 Å². The molecule has 1 atom stereocenters. The van der Waals surface area contributed by atoms with Gasteiger partial charge in [0.1, 0.15) is 0 Å². The van der Waals surface area contributed by atoms with Crippen LogP contribution in [0.5, 0.6) is 0 Å². The predicted octanol–water partition coefficient (Wildman–Crippen LogP) is 0.375. The maximum absolute atomic E-state index is 9.73. The first-order valence-corrected chi connectivity index (χ1v) is 6.74. The van der Waals surface area contributed by atoms with E-state index in [1.54, 1.807) is 0 Å². The van der Waals surface area contributed by atoms with E-state index in [0.717, 1.165) is 50.0 Å². The van der Waals surface area contributed by atoms with Crippen molar-refractivity contribution in [1.29, 1.82) is 0 Å². The van der Waals surface area contributed by atoms with Crippen LogP contribution in [0.2, 0.25) is 0 Å². The molecule has 4 nitrogen and oxygen atoms in total. The average Bonchev–Trinajstić information content (AvgIpc) is 2.24. The van der Waals surface area contributed by atoms with Crippen LogP contribution in [0.3, 0.4) is 0 Å². The lowest BCUT2D eigenvalue weighted by atomic mass is 10.2. The third-order valence-corrected chi connectivity index (χ3v) is 3.20. The van der Waals surface area contributed by atoms with Gasteiger partial charge < -0.3 is 14.9 Å². The van der Waals surface area contributed by atoms with Crippen LogP contribution in [0.1, 0.15) is 19.8 Å². The Labute approximate surface area is 107 Å². The minimum atomic E-state index is -0.169. The third-order valence-electron chi connectivity index (χ3n) is 3.20. The van der Waals surface area contributed by atoms with Crippen molar-refractivity contribution in [3.05, 3.63) is 0 Å². The Balaban J connectivity index is 3.77. The van der Waals surface area contributed by atoms with E-state index in [-0.39, 0.29) is 6.10 Å². The lowest BCUT2D eigenvalue weighted by Crippen LogP contribution is -2.48. The number of nitrogens with zero attached hydrogens (tertiary/aromatic N) is 2. The van der Waals surface area contributed by atoms with Crippen molar-refractivity contribution in [2.45, 2.75) is 25.9 Å². The van der Waals surface area contributed by atoms with Gasteiger partial charge in [0.25, 0.3) is 0 Å². The molecular formula is C13H32N3O+. The van der Waals surface area contributed by atoms with E-state index in [2.05, 4.69) is 38.3 Å². The Kier molecular flexibility index (Phi) is 8.78. The summed E-state index contributed by atoms with van der Waals surface area (Å²) in [7, 11) is 8.60. The minimum Gasteiger partial charge on any atom is -0.392 e. The number of likely N-dealkylation sites (N-methyl/N-ethyl adjacent to an activating group) is 3. The molecule has 0 aliphatic heterocycles. The Bertz CT molecular complexity index is 186.